The first-order valence-electron chi connectivity index (χ1n) is 18.4. The first-order valence-corrected chi connectivity index (χ1v) is 18.4. The van der Waals surface area contributed by atoms with Crippen molar-refractivity contribution in [1.29, 1.82) is 0 Å². The Morgan fingerprint density at radius 2 is 1.07 bits per heavy atom. The molecular weight excluding hydrogens is 730 g/mol. The van der Waals surface area contributed by atoms with E-state index in [9.17, 15) is 24.0 Å². The van der Waals surface area contributed by atoms with Gasteiger partial charge in [0.2, 0.25) is 6.29 Å². The Labute approximate surface area is 328 Å². The van der Waals surface area contributed by atoms with E-state index in [1.165, 1.54) is 12.1 Å². The molecule has 12 nitrogen and oxygen atoms in total. The average Bonchev–Trinajstić information content (AvgIpc) is 3.50. The monoisotopic (exact) mass is 769 g/mol. The van der Waals surface area contributed by atoms with Crippen molar-refractivity contribution >= 4 is 29.7 Å². The predicted octanol–water partition coefficient (Wildman–Crippen LogP) is 6.19. The zero-order valence-corrected chi connectivity index (χ0v) is 30.9. The summed E-state index contributed by atoms with van der Waals surface area (Å²) in [4.78, 5) is 69.2. The number of rotatable bonds is 14. The molecule has 0 N–H and O–H groups in total. The van der Waals surface area contributed by atoms with Crippen LogP contribution in [0.25, 0.3) is 0 Å². The molecule has 5 aromatic rings. The highest BCUT2D eigenvalue weighted by Crippen LogP contribution is 2.38. The van der Waals surface area contributed by atoms with Gasteiger partial charge in [0.15, 0.2) is 6.10 Å². The van der Waals surface area contributed by atoms with E-state index < -0.39 is 73.1 Å². The molecule has 0 aromatic heterocycles. The van der Waals surface area contributed by atoms with Crippen molar-refractivity contribution in [3.05, 3.63) is 179 Å². The molecule has 1 fully saturated rings. The van der Waals surface area contributed by atoms with E-state index in [0.29, 0.717) is 0 Å². The Hall–Kier alpha value is -6.47. The Morgan fingerprint density at radius 3 is 1.58 bits per heavy atom. The Bertz CT molecular complexity index is 2150. The molecule has 1 saturated heterocycles. The lowest BCUT2D eigenvalue weighted by molar-refractivity contribution is -0.299. The number of hydrogen-bond acceptors (Lipinski definition) is 11. The average molecular weight is 770 g/mol. The number of ether oxygens (including phenoxy) is 6. The molecule has 0 radical (unpaired) electrons. The zero-order chi connectivity index (χ0) is 39.7. The van der Waals surface area contributed by atoms with E-state index in [2.05, 4.69) is 0 Å². The molecule has 2 aliphatic rings. The van der Waals surface area contributed by atoms with Crippen molar-refractivity contribution in [3.8, 4) is 0 Å². The summed E-state index contributed by atoms with van der Waals surface area (Å²) in [5.74, 6) is -3.57. The second-order valence-electron chi connectivity index (χ2n) is 13.4. The van der Waals surface area contributed by atoms with Crippen molar-refractivity contribution in [2.24, 2.45) is 0 Å². The van der Waals surface area contributed by atoms with E-state index in [-0.39, 0.29) is 35.5 Å². The summed E-state index contributed by atoms with van der Waals surface area (Å²) in [6, 6.07) is 39.8. The molecular formula is C45H39NO11. The van der Waals surface area contributed by atoms with Gasteiger partial charge >= 0.3 is 17.9 Å². The molecule has 0 saturated carbocycles. The summed E-state index contributed by atoms with van der Waals surface area (Å²) in [7, 11) is 0. The number of carbonyl (C=O) groups excluding carboxylic acids is 5. The Morgan fingerprint density at radius 1 is 0.614 bits per heavy atom. The van der Waals surface area contributed by atoms with E-state index in [0.717, 1.165) is 23.0 Å². The third-order valence-electron chi connectivity index (χ3n) is 9.55. The van der Waals surface area contributed by atoms with Crippen LogP contribution in [0.1, 0.15) is 59.5 Å². The summed E-state index contributed by atoms with van der Waals surface area (Å²) < 4.78 is 37.5. The normalized spacial score (nSPS) is 20.6. The number of amides is 2. The van der Waals surface area contributed by atoms with Crippen molar-refractivity contribution in [1.82, 2.24) is 4.90 Å². The van der Waals surface area contributed by atoms with Crippen molar-refractivity contribution in [3.63, 3.8) is 0 Å². The fraction of sp³-hybridized carbons (Fsp3) is 0.222. The Balaban J connectivity index is 1.33. The number of benzene rings is 5. The molecule has 0 aliphatic carbocycles. The van der Waals surface area contributed by atoms with Gasteiger partial charge < -0.3 is 28.4 Å². The standard InChI is InChI=1S/C45H39NO11/c1-29(47)55-45-37(46-41(48)34-24-14-15-25-35(34)42(46)49)39(52-26-30-16-6-2-7-17-30)40(53-27-31-18-8-3-9-19-31)38(57-45)36(56-44(51)33-22-12-5-13-23-33)28-54-43(50)32-20-10-4-11-21-32/h2-25,36-40,45H,26-28H2,1H3/t36-,37?,38?,39?,40?,45?/m1/s1. The van der Waals surface area contributed by atoms with Gasteiger partial charge in [-0.2, -0.15) is 0 Å². The van der Waals surface area contributed by atoms with Gasteiger partial charge in [-0.05, 0) is 47.5 Å². The highest BCUT2D eigenvalue weighted by molar-refractivity contribution is 6.21. The lowest BCUT2D eigenvalue weighted by Crippen LogP contribution is -2.69. The van der Waals surface area contributed by atoms with Crippen LogP contribution in [-0.2, 0) is 46.4 Å². The van der Waals surface area contributed by atoms with Gasteiger partial charge in [-0.25, -0.2) is 9.59 Å². The van der Waals surface area contributed by atoms with E-state index in [1.54, 1.807) is 72.8 Å². The maximum absolute atomic E-state index is 14.2. The Kier molecular flexibility index (Phi) is 12.2. The van der Waals surface area contributed by atoms with Gasteiger partial charge in [-0.1, -0.05) is 109 Å². The zero-order valence-electron chi connectivity index (χ0n) is 30.9. The van der Waals surface area contributed by atoms with Crippen LogP contribution in [0.15, 0.2) is 146 Å². The summed E-state index contributed by atoms with van der Waals surface area (Å²) in [5.41, 5.74) is 2.25. The van der Waals surface area contributed by atoms with Crippen molar-refractivity contribution < 1.29 is 52.4 Å². The number of nitrogens with zero attached hydrogens (tertiary/aromatic N) is 1. The molecule has 2 heterocycles. The van der Waals surface area contributed by atoms with Gasteiger partial charge in [0.05, 0.1) is 35.5 Å². The molecule has 7 rings (SSSR count). The summed E-state index contributed by atoms with van der Waals surface area (Å²) in [6.07, 6.45) is -6.97. The molecule has 0 bridgehead atoms. The molecule has 12 heteroatoms. The van der Waals surface area contributed by atoms with Crippen LogP contribution in [-0.4, -0.2) is 78.0 Å². The number of carbonyl (C=O) groups is 5. The highest BCUT2D eigenvalue weighted by Gasteiger charge is 2.58. The van der Waals surface area contributed by atoms with Crippen LogP contribution in [0, 0.1) is 0 Å². The van der Waals surface area contributed by atoms with Gasteiger partial charge in [-0.15, -0.1) is 0 Å². The molecule has 57 heavy (non-hydrogen) atoms. The van der Waals surface area contributed by atoms with E-state index in [4.69, 9.17) is 28.4 Å². The molecule has 5 aromatic carbocycles. The van der Waals surface area contributed by atoms with Crippen LogP contribution in [0.4, 0.5) is 0 Å². The van der Waals surface area contributed by atoms with Crippen LogP contribution >= 0.6 is 0 Å². The maximum atomic E-state index is 14.2. The van der Waals surface area contributed by atoms with Crippen molar-refractivity contribution in [2.45, 2.75) is 56.9 Å². The van der Waals surface area contributed by atoms with Crippen LogP contribution in [0.5, 0.6) is 0 Å². The minimum atomic E-state index is -1.66. The molecule has 2 amide bonds. The topological polar surface area (TPSA) is 144 Å². The molecule has 6 atom stereocenters. The maximum Gasteiger partial charge on any atom is 0.338 e. The predicted molar refractivity (Wildman–Crippen MR) is 204 cm³/mol. The van der Waals surface area contributed by atoms with E-state index >= 15 is 0 Å². The second kappa shape index (κ2) is 18.0. The second-order valence-corrected chi connectivity index (χ2v) is 13.4. The van der Waals surface area contributed by atoms with Gasteiger partial charge in [0, 0.05) is 6.92 Å². The first kappa shape index (κ1) is 38.8. The number of imide groups is 1. The lowest BCUT2D eigenvalue weighted by atomic mass is 9.91. The van der Waals surface area contributed by atoms with Crippen molar-refractivity contribution in [2.75, 3.05) is 6.61 Å². The minimum Gasteiger partial charge on any atom is -0.458 e. The van der Waals surface area contributed by atoms with E-state index in [1.807, 2.05) is 60.7 Å². The van der Waals surface area contributed by atoms with Gasteiger partial charge in [0.1, 0.15) is 31.0 Å². The largest absolute Gasteiger partial charge is 0.458 e. The van der Waals surface area contributed by atoms with Crippen LogP contribution < -0.4 is 0 Å². The molecule has 0 spiro atoms. The van der Waals surface area contributed by atoms with Crippen LogP contribution in [0.3, 0.4) is 0 Å². The third kappa shape index (κ3) is 9.00. The fourth-order valence-electron chi connectivity index (χ4n) is 6.86. The van der Waals surface area contributed by atoms with Gasteiger partial charge in [0.25, 0.3) is 11.8 Å². The number of esters is 3. The summed E-state index contributed by atoms with van der Waals surface area (Å²) in [6.45, 7) is 0.572. The molecule has 5 unspecified atom stereocenters. The fourth-order valence-corrected chi connectivity index (χ4v) is 6.86. The first-order chi connectivity index (χ1) is 27.8. The molecule has 2 aliphatic heterocycles. The molecule has 290 valence electrons. The smallest absolute Gasteiger partial charge is 0.338 e. The van der Waals surface area contributed by atoms with Gasteiger partial charge in [-0.3, -0.25) is 19.3 Å². The summed E-state index contributed by atoms with van der Waals surface area (Å²) >= 11 is 0. The minimum absolute atomic E-state index is 0.0210. The summed E-state index contributed by atoms with van der Waals surface area (Å²) in [5, 5.41) is 0. The lowest BCUT2D eigenvalue weighted by Gasteiger charge is -2.49. The number of hydrogen-bond donors (Lipinski definition) is 0. The highest BCUT2D eigenvalue weighted by atomic mass is 16.7. The SMILES string of the molecule is CC(=O)OC1OC([C@@H](COC(=O)c2ccccc2)OC(=O)c2ccccc2)C(OCc2ccccc2)C(OCc2ccccc2)C1N1C(=O)c2ccccc2C1=O. The quantitative estimate of drug-likeness (QED) is 0.0725. The van der Waals surface area contributed by atoms with Crippen LogP contribution in [0.2, 0.25) is 0 Å². The third-order valence-corrected chi connectivity index (χ3v) is 9.55. The number of fused-ring (bicyclic) bond motifs is 1.